The second kappa shape index (κ2) is 18.6. The second-order valence-corrected chi connectivity index (χ2v) is 19.0. The smallest absolute Gasteiger partial charge is 0.338 e. The number of nitrogens with one attached hydrogen (secondary N) is 1. The Morgan fingerprint density at radius 2 is 1.63 bits per heavy atom. The van der Waals surface area contributed by atoms with Crippen LogP contribution in [0.25, 0.3) is 0 Å². The van der Waals surface area contributed by atoms with E-state index in [0.717, 1.165) is 6.92 Å². The van der Waals surface area contributed by atoms with Gasteiger partial charge in [-0.15, -0.1) is 11.8 Å². The van der Waals surface area contributed by atoms with Gasteiger partial charge in [0.05, 0.1) is 41.6 Å². The van der Waals surface area contributed by atoms with E-state index in [4.69, 9.17) is 28.4 Å². The monoisotopic (exact) mass is 915 g/mol. The van der Waals surface area contributed by atoms with E-state index in [2.05, 4.69) is 5.32 Å². The lowest BCUT2D eigenvalue weighted by Crippen LogP contribution is -2.82. The van der Waals surface area contributed by atoms with Crippen molar-refractivity contribution < 1.29 is 67.4 Å². The number of thioether (sulfide) groups is 1. The number of benzene rings is 2. The standard InChI is InChI=1S/C49H57NO14S/c1-27-33(62-45(57)38(53)37(30-17-11-8-12-18-30)50-43(55)31-19-13-9-14-20-31)24-49(58)42(63-44(56)32-21-15-10-16-22-32)40-47(6,41(54)39(61-28(2)51)36(27)46(49,4)5)34(60-26-65-7)23-35-48(40,25-59-35)64-29(3)52/h8-13,15-19,21-22,33-35,37-40,42,53,58H,14,20,23-26H2,1-7H3,(H,50,55)/t33-,34-,35+,37-,38+,39+,40-,42-,47+,48-,49+/m0/s1. The first-order chi connectivity index (χ1) is 30.8. The zero-order chi connectivity index (χ0) is 47.1. The number of ketones is 1. The van der Waals surface area contributed by atoms with Gasteiger partial charge in [0, 0.05) is 37.7 Å². The van der Waals surface area contributed by atoms with E-state index < -0.39 is 113 Å². The third kappa shape index (κ3) is 8.48. The number of carbonyl (C=O) groups excluding carboxylic acids is 6. The van der Waals surface area contributed by atoms with Gasteiger partial charge in [0.1, 0.15) is 23.9 Å². The van der Waals surface area contributed by atoms with E-state index in [0.29, 0.717) is 24.0 Å². The lowest BCUT2D eigenvalue weighted by Gasteiger charge is -2.67. The number of fused-ring (bicyclic) bond motifs is 5. The van der Waals surface area contributed by atoms with Crippen LogP contribution in [-0.4, -0.2) is 112 Å². The second-order valence-electron chi connectivity index (χ2n) is 18.2. The van der Waals surface area contributed by atoms with E-state index in [1.54, 1.807) is 88.4 Å². The molecule has 1 aliphatic heterocycles. The maximum atomic E-state index is 15.9. The molecule has 3 fully saturated rings. The number of rotatable bonds is 13. The van der Waals surface area contributed by atoms with Crippen LogP contribution in [0.15, 0.2) is 95.6 Å². The summed E-state index contributed by atoms with van der Waals surface area (Å²) in [6.07, 6.45) is -1.07. The maximum Gasteiger partial charge on any atom is 0.338 e. The fourth-order valence-electron chi connectivity index (χ4n) is 10.8. The fourth-order valence-corrected chi connectivity index (χ4v) is 11.1. The minimum atomic E-state index is -2.34. The Morgan fingerprint density at radius 1 is 0.954 bits per heavy atom. The van der Waals surface area contributed by atoms with Crippen molar-refractivity contribution in [2.75, 3.05) is 18.8 Å². The number of ether oxygens (including phenoxy) is 6. The predicted octanol–water partition coefficient (Wildman–Crippen LogP) is 5.04. The number of esters is 4. The molecule has 7 rings (SSSR count). The Bertz CT molecular complexity index is 2290. The van der Waals surface area contributed by atoms with E-state index in [1.165, 1.54) is 30.8 Å². The summed E-state index contributed by atoms with van der Waals surface area (Å²) in [6, 6.07) is 15.1. The molecule has 2 bridgehead atoms. The predicted molar refractivity (Wildman–Crippen MR) is 236 cm³/mol. The van der Waals surface area contributed by atoms with Crippen LogP contribution in [0.4, 0.5) is 0 Å². The molecule has 15 nitrogen and oxygen atoms in total. The Labute approximate surface area is 382 Å². The molecule has 1 amide bonds. The molecule has 0 radical (unpaired) electrons. The van der Waals surface area contributed by atoms with Crippen molar-refractivity contribution in [1.82, 2.24) is 5.32 Å². The Kier molecular flexibility index (Phi) is 13.7. The molecule has 16 heteroatoms. The quantitative estimate of drug-likeness (QED) is 0.104. The lowest BCUT2D eigenvalue weighted by molar-refractivity contribution is -0.347. The summed E-state index contributed by atoms with van der Waals surface area (Å²) >= 11 is 1.34. The van der Waals surface area contributed by atoms with Gasteiger partial charge in [0.15, 0.2) is 23.6 Å². The number of carbonyl (C=O) groups is 6. The number of aliphatic hydroxyl groups excluding tert-OH is 1. The minimum Gasteiger partial charge on any atom is -0.456 e. The van der Waals surface area contributed by atoms with Gasteiger partial charge in [0.25, 0.3) is 0 Å². The highest BCUT2D eigenvalue weighted by Gasteiger charge is 2.78. The van der Waals surface area contributed by atoms with E-state index in [9.17, 15) is 34.2 Å². The largest absolute Gasteiger partial charge is 0.456 e. The first-order valence-electron chi connectivity index (χ1n) is 21.7. The third-order valence-electron chi connectivity index (χ3n) is 14.1. The molecule has 3 N–H and O–H groups in total. The lowest BCUT2D eigenvalue weighted by atomic mass is 9.44. The number of Topliss-reactive ketones (excluding diaryl/α,β-unsaturated/α-hetero) is 1. The highest BCUT2D eigenvalue weighted by atomic mass is 32.2. The molecular weight excluding hydrogens is 859 g/mol. The van der Waals surface area contributed by atoms with Crippen LogP contribution in [0, 0.1) is 16.7 Å². The molecule has 0 aromatic heterocycles. The average molecular weight is 916 g/mol. The normalized spacial score (nSPS) is 32.1. The van der Waals surface area contributed by atoms with Crippen molar-refractivity contribution >= 4 is 47.3 Å². The fraction of sp³-hybridized carbons (Fsp3) is 0.510. The molecule has 348 valence electrons. The zero-order valence-electron chi connectivity index (χ0n) is 37.6. The molecule has 65 heavy (non-hydrogen) atoms. The number of hydrogen-bond donors (Lipinski definition) is 3. The summed E-state index contributed by atoms with van der Waals surface area (Å²) in [5.41, 5.74) is -6.23. The molecule has 5 aliphatic rings. The molecule has 11 atom stereocenters. The average Bonchev–Trinajstić information content (AvgIpc) is 3.27. The van der Waals surface area contributed by atoms with Crippen molar-refractivity contribution in [3.8, 4) is 0 Å². The van der Waals surface area contributed by atoms with Gasteiger partial charge in [-0.2, -0.15) is 0 Å². The van der Waals surface area contributed by atoms with Crippen LogP contribution in [0.3, 0.4) is 0 Å². The van der Waals surface area contributed by atoms with Crippen LogP contribution < -0.4 is 5.32 Å². The third-order valence-corrected chi connectivity index (χ3v) is 14.5. The highest BCUT2D eigenvalue weighted by molar-refractivity contribution is 7.98. The molecular formula is C49H57NO14S. The molecule has 2 aromatic carbocycles. The van der Waals surface area contributed by atoms with Gasteiger partial charge in [0.2, 0.25) is 5.91 Å². The zero-order valence-corrected chi connectivity index (χ0v) is 38.4. The van der Waals surface area contributed by atoms with Crippen molar-refractivity contribution in [3.63, 3.8) is 0 Å². The molecule has 2 saturated carbocycles. The van der Waals surface area contributed by atoms with Gasteiger partial charge in [-0.25, -0.2) is 9.59 Å². The molecule has 2 aromatic rings. The van der Waals surface area contributed by atoms with E-state index in [1.807, 2.05) is 12.3 Å². The van der Waals surface area contributed by atoms with Gasteiger partial charge >= 0.3 is 23.9 Å². The molecule has 1 heterocycles. The summed E-state index contributed by atoms with van der Waals surface area (Å²) in [6.45, 7) is 8.48. The van der Waals surface area contributed by atoms with E-state index in [-0.39, 0.29) is 35.7 Å². The first kappa shape index (κ1) is 47.8. The number of amides is 1. The van der Waals surface area contributed by atoms with Crippen LogP contribution in [0.2, 0.25) is 0 Å². The molecule has 1 saturated heterocycles. The number of hydrogen-bond acceptors (Lipinski definition) is 15. The molecule has 0 spiro atoms. The van der Waals surface area contributed by atoms with Crippen molar-refractivity contribution in [1.29, 1.82) is 0 Å². The topological polar surface area (TPSA) is 210 Å². The van der Waals surface area contributed by atoms with Gasteiger partial charge in [-0.1, -0.05) is 80.6 Å². The van der Waals surface area contributed by atoms with Crippen LogP contribution >= 0.6 is 11.8 Å². The van der Waals surface area contributed by atoms with Crippen molar-refractivity contribution in [3.05, 3.63) is 107 Å². The minimum absolute atomic E-state index is 0.0454. The summed E-state index contributed by atoms with van der Waals surface area (Å²) < 4.78 is 37.5. The SMILES string of the molecule is CSCO[C@H]1C[C@H]2OC[C@@]2(OC(C)=O)[C@H]2[C@H](OC(=O)c3ccccc3)[C@]3(O)C[C@H](OC(=O)[C@H](O)[C@@H](NC(=O)C4=CC=CCC4)c4ccccc4)C(C)=C([C@@H](OC(C)=O)C(=O)[C@]12C)C3(C)C. The van der Waals surface area contributed by atoms with Crippen molar-refractivity contribution in [2.24, 2.45) is 16.7 Å². The Morgan fingerprint density at radius 3 is 2.22 bits per heavy atom. The molecule has 4 aliphatic carbocycles. The van der Waals surface area contributed by atoms with Gasteiger partial charge < -0.3 is 44.0 Å². The maximum absolute atomic E-state index is 15.9. The summed E-state index contributed by atoms with van der Waals surface area (Å²) in [5, 5.41) is 28.6. The molecule has 0 unspecified atom stereocenters. The highest BCUT2D eigenvalue weighted by Crippen LogP contribution is 2.65. The number of aliphatic hydroxyl groups is 2. The Hall–Kier alpha value is -5.13. The van der Waals surface area contributed by atoms with Crippen LogP contribution in [0.5, 0.6) is 0 Å². The summed E-state index contributed by atoms with van der Waals surface area (Å²) in [7, 11) is 0. The summed E-state index contributed by atoms with van der Waals surface area (Å²) in [4.78, 5) is 84.8. The van der Waals surface area contributed by atoms with Gasteiger partial charge in [-0.05, 0) is 61.8 Å². The van der Waals surface area contributed by atoms with Crippen LogP contribution in [-0.2, 0) is 52.4 Å². The van der Waals surface area contributed by atoms with E-state index >= 15 is 4.79 Å². The number of allylic oxidation sites excluding steroid dienone is 3. The van der Waals surface area contributed by atoms with Crippen LogP contribution in [0.1, 0.15) is 89.2 Å². The Balaban J connectivity index is 1.41. The van der Waals surface area contributed by atoms with Crippen molar-refractivity contribution in [2.45, 2.75) is 121 Å². The van der Waals surface area contributed by atoms with Gasteiger partial charge in [-0.3, -0.25) is 19.2 Å². The summed E-state index contributed by atoms with van der Waals surface area (Å²) in [5.74, 6) is -6.15. The first-order valence-corrected chi connectivity index (χ1v) is 23.1.